The van der Waals surface area contributed by atoms with Gasteiger partial charge in [-0.05, 0) is 101 Å². The van der Waals surface area contributed by atoms with E-state index in [1.807, 2.05) is 57.4 Å². The first-order valence-electron chi connectivity index (χ1n) is 19.0. The number of amides is 2. The minimum atomic E-state index is -0.460. The molecule has 276 valence electrons. The molecule has 2 aromatic carbocycles. The topological polar surface area (TPSA) is 130 Å². The molecule has 0 radical (unpaired) electrons. The number of anilines is 3. The van der Waals surface area contributed by atoms with Crippen LogP contribution in [-0.4, -0.2) is 87.3 Å². The molecule has 2 aromatic heterocycles. The fraction of sp³-hybridized carbons (Fsp3) is 0.525. The molecular weight excluding hydrogens is 654 g/mol. The number of aromatic nitrogens is 4. The van der Waals surface area contributed by atoms with Crippen LogP contribution in [0.1, 0.15) is 70.9 Å². The molecule has 7 rings (SSSR count). The molecule has 3 fully saturated rings. The van der Waals surface area contributed by atoms with E-state index in [1.165, 1.54) is 37.9 Å². The minimum Gasteiger partial charge on any atom is -0.444 e. The van der Waals surface area contributed by atoms with Gasteiger partial charge in [-0.15, -0.1) is 0 Å². The number of fused-ring (bicyclic) bond motifs is 1. The van der Waals surface area contributed by atoms with E-state index in [4.69, 9.17) is 4.74 Å². The Labute approximate surface area is 306 Å². The molecule has 1 aliphatic heterocycles. The Kier molecular flexibility index (Phi) is 10.9. The maximum absolute atomic E-state index is 12.5. The molecule has 4 aromatic rings. The maximum Gasteiger partial charge on any atom is 0.407 e. The van der Waals surface area contributed by atoms with Gasteiger partial charge in [0, 0.05) is 62.7 Å². The highest BCUT2D eigenvalue weighted by Crippen LogP contribution is 2.35. The Bertz CT molecular complexity index is 1780. The first-order valence-corrected chi connectivity index (χ1v) is 19.0. The van der Waals surface area contributed by atoms with Crippen LogP contribution in [0.2, 0.25) is 0 Å². The Hall–Kier alpha value is -4.71. The lowest BCUT2D eigenvalue weighted by Crippen LogP contribution is -2.48. The van der Waals surface area contributed by atoms with Crippen LogP contribution in [0.5, 0.6) is 0 Å². The van der Waals surface area contributed by atoms with E-state index in [2.05, 4.69) is 69.5 Å². The van der Waals surface area contributed by atoms with Crippen molar-refractivity contribution in [2.24, 2.45) is 11.8 Å². The first-order chi connectivity index (χ1) is 25.1. The van der Waals surface area contributed by atoms with E-state index in [-0.39, 0.29) is 24.1 Å². The number of benzene rings is 2. The molecule has 1 saturated heterocycles. The molecule has 12 heteroatoms. The third-order valence-corrected chi connectivity index (χ3v) is 10.7. The van der Waals surface area contributed by atoms with Gasteiger partial charge in [-0.25, -0.2) is 19.7 Å². The Morgan fingerprint density at radius 2 is 1.58 bits per heavy atom. The molecule has 2 aliphatic carbocycles. The molecular formula is C40H53N9O3. The molecule has 0 atom stereocenters. The van der Waals surface area contributed by atoms with Crippen LogP contribution in [0.4, 0.5) is 22.0 Å². The molecule has 3 N–H and O–H groups in total. The van der Waals surface area contributed by atoms with Crippen molar-refractivity contribution in [2.75, 3.05) is 49.5 Å². The third-order valence-electron chi connectivity index (χ3n) is 10.7. The summed E-state index contributed by atoms with van der Waals surface area (Å²) in [6.45, 7) is 11.7. The summed E-state index contributed by atoms with van der Waals surface area (Å²) < 4.78 is 7.50. The Morgan fingerprint density at radius 3 is 2.29 bits per heavy atom. The number of imidazole rings is 1. The summed E-state index contributed by atoms with van der Waals surface area (Å²) in [6, 6.07) is 18.8. The molecule has 2 amide bonds. The van der Waals surface area contributed by atoms with Crippen LogP contribution in [0, 0.1) is 11.8 Å². The summed E-state index contributed by atoms with van der Waals surface area (Å²) in [6.07, 6.45) is 10.0. The monoisotopic (exact) mass is 707 g/mol. The van der Waals surface area contributed by atoms with E-state index in [9.17, 15) is 9.59 Å². The van der Waals surface area contributed by atoms with Gasteiger partial charge in [-0.1, -0.05) is 30.3 Å². The highest BCUT2D eigenvalue weighted by Gasteiger charge is 2.33. The summed E-state index contributed by atoms with van der Waals surface area (Å²) >= 11 is 0. The van der Waals surface area contributed by atoms with E-state index < -0.39 is 5.60 Å². The van der Waals surface area contributed by atoms with Crippen molar-refractivity contribution in [1.82, 2.24) is 35.1 Å². The maximum atomic E-state index is 12.5. The Morgan fingerprint density at radius 1 is 0.865 bits per heavy atom. The van der Waals surface area contributed by atoms with Gasteiger partial charge in [-0.3, -0.25) is 9.69 Å². The number of nitrogens with zero attached hydrogens (tertiary/aromatic N) is 6. The minimum absolute atomic E-state index is 0.0600. The highest BCUT2D eigenvalue weighted by atomic mass is 16.6. The third kappa shape index (κ3) is 9.20. The molecule has 2 saturated carbocycles. The molecule has 12 nitrogen and oxygen atoms in total. The second-order valence-electron chi connectivity index (χ2n) is 15.8. The summed E-state index contributed by atoms with van der Waals surface area (Å²) in [5, 5.41) is 9.60. The molecule has 3 aliphatic rings. The second kappa shape index (κ2) is 15.9. The van der Waals surface area contributed by atoms with Crippen molar-refractivity contribution in [2.45, 2.75) is 83.4 Å². The number of alkyl carbamates (subject to hydrolysis) is 1. The van der Waals surface area contributed by atoms with Gasteiger partial charge in [0.1, 0.15) is 11.9 Å². The summed E-state index contributed by atoms with van der Waals surface area (Å²) in [5.41, 5.74) is 4.29. The van der Waals surface area contributed by atoms with E-state index >= 15 is 0 Å². The van der Waals surface area contributed by atoms with Gasteiger partial charge in [0.05, 0.1) is 12.7 Å². The molecule has 3 heterocycles. The lowest BCUT2D eigenvalue weighted by molar-refractivity contribution is -0.121. The largest absolute Gasteiger partial charge is 0.444 e. The predicted molar refractivity (Wildman–Crippen MR) is 204 cm³/mol. The Balaban J connectivity index is 0.838. The van der Waals surface area contributed by atoms with E-state index in [0.717, 1.165) is 67.4 Å². The average molecular weight is 708 g/mol. The predicted octanol–water partition coefficient (Wildman–Crippen LogP) is 6.09. The zero-order valence-electron chi connectivity index (χ0n) is 30.8. The number of rotatable bonds is 11. The van der Waals surface area contributed by atoms with Crippen LogP contribution < -0.4 is 20.9 Å². The van der Waals surface area contributed by atoms with Crippen molar-refractivity contribution in [3.8, 4) is 0 Å². The molecule has 0 spiro atoms. The lowest BCUT2D eigenvalue weighted by Gasteiger charge is -2.39. The van der Waals surface area contributed by atoms with Gasteiger partial charge in [-0.2, -0.15) is 0 Å². The summed E-state index contributed by atoms with van der Waals surface area (Å²) in [5.74, 6) is 2.02. The fourth-order valence-corrected chi connectivity index (χ4v) is 7.81. The standard InChI is InChI=1S/C40H53N9O3/c1-40(2,3)52-39(51)41-24-29-9-11-30(12-10-29)25-47-17-19-48(20-18-47)33-15-13-31(14-16-33)46-37-36-38(43-26-42-37)49(27-44-36)34-22-32(23-34)45-35(50)21-28-7-5-4-6-8-28/h4-8,13-16,26-27,29-30,32,34H,9-12,17-25H2,1-3H3,(H,41,51)(H,45,50)(H,42,43,46). The summed E-state index contributed by atoms with van der Waals surface area (Å²) in [4.78, 5) is 43.4. The van der Waals surface area contributed by atoms with Gasteiger partial charge in [0.2, 0.25) is 5.91 Å². The van der Waals surface area contributed by atoms with Crippen molar-refractivity contribution >= 4 is 40.4 Å². The van der Waals surface area contributed by atoms with Gasteiger partial charge < -0.3 is 30.2 Å². The van der Waals surface area contributed by atoms with Crippen LogP contribution >= 0.6 is 0 Å². The second-order valence-corrected chi connectivity index (χ2v) is 15.8. The van der Waals surface area contributed by atoms with Crippen molar-refractivity contribution < 1.29 is 14.3 Å². The smallest absolute Gasteiger partial charge is 0.407 e. The van der Waals surface area contributed by atoms with Gasteiger partial charge in [0.15, 0.2) is 17.0 Å². The van der Waals surface area contributed by atoms with Crippen LogP contribution in [0.3, 0.4) is 0 Å². The molecule has 0 bridgehead atoms. The number of piperazine rings is 1. The quantitative estimate of drug-likeness (QED) is 0.170. The van der Waals surface area contributed by atoms with Crippen molar-refractivity contribution in [3.05, 3.63) is 72.8 Å². The average Bonchev–Trinajstić information content (AvgIpc) is 3.54. The van der Waals surface area contributed by atoms with Crippen molar-refractivity contribution in [1.29, 1.82) is 0 Å². The lowest BCUT2D eigenvalue weighted by atomic mass is 9.81. The molecule has 52 heavy (non-hydrogen) atoms. The number of nitrogens with one attached hydrogen (secondary N) is 3. The first kappa shape index (κ1) is 35.7. The number of hydrogen-bond acceptors (Lipinski definition) is 9. The van der Waals surface area contributed by atoms with Crippen molar-refractivity contribution in [3.63, 3.8) is 0 Å². The van der Waals surface area contributed by atoms with E-state index in [1.54, 1.807) is 6.33 Å². The number of carbonyl (C=O) groups is 2. The summed E-state index contributed by atoms with van der Waals surface area (Å²) in [7, 11) is 0. The zero-order valence-corrected chi connectivity index (χ0v) is 30.8. The van der Waals surface area contributed by atoms with Crippen LogP contribution in [-0.2, 0) is 16.0 Å². The van der Waals surface area contributed by atoms with Crippen LogP contribution in [0.15, 0.2) is 67.3 Å². The zero-order chi connectivity index (χ0) is 36.1. The van der Waals surface area contributed by atoms with Gasteiger partial charge in [0.25, 0.3) is 0 Å². The normalized spacial score (nSPS) is 22.4. The SMILES string of the molecule is CC(C)(C)OC(=O)NCC1CCC(CN2CCN(c3ccc(Nc4ncnc5c4ncn5C4CC(NC(=O)Cc5ccccc5)C4)cc3)CC2)CC1. The highest BCUT2D eigenvalue weighted by molar-refractivity contribution is 5.85. The number of ether oxygens (including phenoxy) is 1. The van der Waals surface area contributed by atoms with Gasteiger partial charge >= 0.3 is 6.09 Å². The fourth-order valence-electron chi connectivity index (χ4n) is 7.81. The van der Waals surface area contributed by atoms with Crippen LogP contribution in [0.25, 0.3) is 11.2 Å². The number of carbonyl (C=O) groups excluding carboxylic acids is 2. The molecule has 0 unspecified atom stereocenters. The number of hydrogen-bond donors (Lipinski definition) is 3. The van der Waals surface area contributed by atoms with E-state index in [0.29, 0.717) is 24.7 Å².